The van der Waals surface area contributed by atoms with E-state index in [1.165, 1.54) is 6.42 Å². The lowest BCUT2D eigenvalue weighted by Crippen LogP contribution is -2.51. The zero-order valence-electron chi connectivity index (χ0n) is 20.1. The molecule has 1 saturated heterocycles. The first-order valence-electron chi connectivity index (χ1n) is 11.8. The second kappa shape index (κ2) is 8.93. The largest absolute Gasteiger partial charge is 0.458 e. The van der Waals surface area contributed by atoms with Gasteiger partial charge >= 0.3 is 5.97 Å². The molecule has 1 saturated carbocycles. The van der Waals surface area contributed by atoms with Crippen molar-refractivity contribution in [2.45, 2.75) is 97.4 Å². The van der Waals surface area contributed by atoms with Crippen molar-refractivity contribution in [3.8, 4) is 0 Å². The maximum Gasteiger partial charge on any atom is 0.329 e. The van der Waals surface area contributed by atoms with E-state index in [2.05, 4.69) is 20.8 Å². The lowest BCUT2D eigenvalue weighted by molar-refractivity contribution is -0.168. The quantitative estimate of drug-likeness (QED) is 0.699. The highest BCUT2D eigenvalue weighted by Crippen LogP contribution is 2.48. The van der Waals surface area contributed by atoms with Crippen molar-refractivity contribution in [1.82, 2.24) is 4.90 Å². The molecule has 2 aliphatic rings. The van der Waals surface area contributed by atoms with Gasteiger partial charge in [0.25, 0.3) is 0 Å². The molecule has 3 rings (SSSR count). The number of carbonyl (C=O) groups is 2. The summed E-state index contributed by atoms with van der Waals surface area (Å²) in [6, 6.07) is 8.56. The molecule has 0 bridgehead atoms. The van der Waals surface area contributed by atoms with Crippen LogP contribution in [0.25, 0.3) is 0 Å². The number of nitrogens with zero attached hydrogens (tertiary/aromatic N) is 1. The van der Waals surface area contributed by atoms with Gasteiger partial charge in [0.1, 0.15) is 11.6 Å². The molecule has 1 amide bonds. The van der Waals surface area contributed by atoms with Gasteiger partial charge in [-0.2, -0.15) is 0 Å². The Morgan fingerprint density at radius 3 is 2.06 bits per heavy atom. The second-order valence-corrected chi connectivity index (χ2v) is 11.4. The van der Waals surface area contributed by atoms with Crippen LogP contribution in [0.2, 0.25) is 0 Å². The molecule has 4 atom stereocenters. The molecule has 1 aliphatic heterocycles. The number of nitrogens with two attached hydrogens (primary N) is 1. The first-order chi connectivity index (χ1) is 14.4. The summed E-state index contributed by atoms with van der Waals surface area (Å²) < 4.78 is 5.86. The third kappa shape index (κ3) is 5.14. The van der Waals surface area contributed by atoms with Crippen LogP contribution >= 0.6 is 0 Å². The average Bonchev–Trinajstić information content (AvgIpc) is 3.01. The summed E-state index contributed by atoms with van der Waals surface area (Å²) in [5.74, 6) is -0.534. The smallest absolute Gasteiger partial charge is 0.329 e. The Morgan fingerprint density at radius 1 is 0.968 bits per heavy atom. The van der Waals surface area contributed by atoms with Crippen molar-refractivity contribution in [2.75, 3.05) is 0 Å². The third-order valence-electron chi connectivity index (χ3n) is 6.72. The summed E-state index contributed by atoms with van der Waals surface area (Å²) in [6.07, 6.45) is 5.06. The van der Waals surface area contributed by atoms with Crippen molar-refractivity contribution in [3.63, 3.8) is 0 Å². The molecule has 0 unspecified atom stereocenters. The van der Waals surface area contributed by atoms with E-state index in [9.17, 15) is 9.59 Å². The zero-order valence-corrected chi connectivity index (χ0v) is 20.1. The summed E-state index contributed by atoms with van der Waals surface area (Å²) in [6.45, 7) is 11.9. The second-order valence-electron chi connectivity index (χ2n) is 11.4. The van der Waals surface area contributed by atoms with E-state index in [1.54, 1.807) is 0 Å². The number of hydrogen-bond donors (Lipinski definition) is 1. The molecule has 2 N–H and O–H groups in total. The highest BCUT2D eigenvalue weighted by atomic mass is 16.6. The van der Waals surface area contributed by atoms with E-state index < -0.39 is 11.6 Å². The molecule has 5 nitrogen and oxygen atoms in total. The summed E-state index contributed by atoms with van der Waals surface area (Å²) in [5.41, 5.74) is 6.98. The Labute approximate surface area is 187 Å². The van der Waals surface area contributed by atoms with Gasteiger partial charge in [0.15, 0.2) is 0 Å². The predicted octanol–water partition coefficient (Wildman–Crippen LogP) is 4.85. The standard InChI is InChI=1S/C26H40N2O3/c1-25(2,3)19-20(27)21(17-13-9-7-10-14-17)28(22(19)24(30)31-26(4,5)6)23(29)18-15-11-8-12-16-18/h7,9-10,13-14,18-22H,8,11-12,15-16,27H2,1-6H3/t19-,20-,21-,22-/m0/s1. The molecule has 5 heteroatoms. The molecule has 1 aromatic rings. The van der Waals surface area contributed by atoms with Gasteiger partial charge in [-0.25, -0.2) is 4.79 Å². The Hall–Kier alpha value is -1.88. The first-order valence-corrected chi connectivity index (χ1v) is 11.8. The molecule has 31 heavy (non-hydrogen) atoms. The first kappa shape index (κ1) is 23.8. The van der Waals surface area contributed by atoms with Crippen molar-refractivity contribution >= 4 is 11.9 Å². The molecule has 0 spiro atoms. The van der Waals surface area contributed by atoms with E-state index in [1.807, 2.05) is 56.0 Å². The van der Waals surface area contributed by atoms with Crippen LogP contribution in [0.4, 0.5) is 0 Å². The van der Waals surface area contributed by atoms with Gasteiger partial charge < -0.3 is 15.4 Å². The lowest BCUT2D eigenvalue weighted by atomic mass is 9.73. The van der Waals surface area contributed by atoms with E-state index >= 15 is 0 Å². The van der Waals surface area contributed by atoms with Gasteiger partial charge in [-0.1, -0.05) is 70.4 Å². The third-order valence-corrected chi connectivity index (χ3v) is 6.72. The van der Waals surface area contributed by atoms with Crippen LogP contribution in [0.5, 0.6) is 0 Å². The predicted molar refractivity (Wildman–Crippen MR) is 123 cm³/mol. The molecule has 1 aromatic carbocycles. The fourth-order valence-corrected chi connectivity index (χ4v) is 5.48. The van der Waals surface area contributed by atoms with Crippen LogP contribution in [0.15, 0.2) is 30.3 Å². The number of ether oxygens (including phenoxy) is 1. The van der Waals surface area contributed by atoms with Crippen LogP contribution in [0.1, 0.15) is 85.3 Å². The number of amides is 1. The minimum atomic E-state index is -0.686. The van der Waals surface area contributed by atoms with E-state index in [0.717, 1.165) is 31.2 Å². The Morgan fingerprint density at radius 2 is 1.55 bits per heavy atom. The molecular weight excluding hydrogens is 388 g/mol. The molecule has 2 fully saturated rings. The number of likely N-dealkylation sites (tertiary alicyclic amines) is 1. The number of benzene rings is 1. The van der Waals surface area contributed by atoms with E-state index in [0.29, 0.717) is 0 Å². The fraction of sp³-hybridized carbons (Fsp3) is 0.692. The molecule has 0 aromatic heterocycles. The molecule has 0 radical (unpaired) electrons. The SMILES string of the molecule is CC(C)(C)OC(=O)[C@@H]1[C@@H](C(C)(C)C)[C@H](N)[C@H](c2ccccc2)N1C(=O)C1CCCCC1. The molecule has 1 aliphatic carbocycles. The van der Waals surface area contributed by atoms with Crippen LogP contribution in [0.3, 0.4) is 0 Å². The summed E-state index contributed by atoms with van der Waals surface area (Å²) in [7, 11) is 0. The average molecular weight is 429 g/mol. The molecular formula is C26H40N2O3. The van der Waals surface area contributed by atoms with Gasteiger partial charge in [0.05, 0.1) is 6.04 Å². The topological polar surface area (TPSA) is 72.6 Å². The van der Waals surface area contributed by atoms with E-state index in [4.69, 9.17) is 10.5 Å². The van der Waals surface area contributed by atoms with Crippen molar-refractivity contribution in [2.24, 2.45) is 23.0 Å². The van der Waals surface area contributed by atoms with Gasteiger partial charge in [-0.3, -0.25) is 4.79 Å². The highest BCUT2D eigenvalue weighted by Gasteiger charge is 2.58. The number of carbonyl (C=O) groups excluding carboxylic acids is 2. The molecule has 172 valence electrons. The maximum absolute atomic E-state index is 13.9. The summed E-state index contributed by atoms with van der Waals surface area (Å²) in [4.78, 5) is 29.3. The zero-order chi connectivity index (χ0) is 23.0. The normalized spacial score (nSPS) is 27.9. The van der Waals surface area contributed by atoms with Crippen LogP contribution in [-0.4, -0.2) is 34.5 Å². The monoisotopic (exact) mass is 428 g/mol. The maximum atomic E-state index is 13.9. The number of esters is 1. The Bertz CT molecular complexity index is 772. The fourth-order valence-electron chi connectivity index (χ4n) is 5.48. The Balaban J connectivity index is 2.10. The van der Waals surface area contributed by atoms with Crippen molar-refractivity contribution in [1.29, 1.82) is 0 Å². The van der Waals surface area contributed by atoms with Crippen LogP contribution in [-0.2, 0) is 14.3 Å². The minimum absolute atomic E-state index is 0.0455. The van der Waals surface area contributed by atoms with Gasteiger partial charge in [0, 0.05) is 17.9 Å². The summed E-state index contributed by atoms with van der Waals surface area (Å²) >= 11 is 0. The number of rotatable bonds is 3. The van der Waals surface area contributed by atoms with E-state index in [-0.39, 0.29) is 41.2 Å². The Kier molecular flexibility index (Phi) is 6.85. The van der Waals surface area contributed by atoms with Crippen molar-refractivity contribution in [3.05, 3.63) is 35.9 Å². The highest BCUT2D eigenvalue weighted by molar-refractivity contribution is 5.88. The van der Waals surface area contributed by atoms with Crippen molar-refractivity contribution < 1.29 is 14.3 Å². The van der Waals surface area contributed by atoms with Gasteiger partial charge in [-0.15, -0.1) is 0 Å². The number of hydrogen-bond acceptors (Lipinski definition) is 4. The minimum Gasteiger partial charge on any atom is -0.458 e. The summed E-state index contributed by atoms with van der Waals surface area (Å²) in [5, 5.41) is 0. The van der Waals surface area contributed by atoms with Gasteiger partial charge in [-0.05, 0) is 44.6 Å². The van der Waals surface area contributed by atoms with Gasteiger partial charge in [0.2, 0.25) is 5.91 Å². The lowest BCUT2D eigenvalue weighted by Gasteiger charge is -2.38. The molecule has 1 heterocycles. The van der Waals surface area contributed by atoms with Crippen LogP contribution < -0.4 is 5.73 Å². The van der Waals surface area contributed by atoms with Crippen LogP contribution in [0, 0.1) is 17.3 Å².